The van der Waals surface area contributed by atoms with E-state index in [-0.39, 0.29) is 55.8 Å². The van der Waals surface area contributed by atoms with E-state index in [0.717, 1.165) is 40.3 Å². The van der Waals surface area contributed by atoms with E-state index in [1.165, 1.54) is 47.0 Å². The van der Waals surface area contributed by atoms with Crippen LogP contribution in [0.1, 0.15) is 0 Å². The maximum absolute atomic E-state index is 11.7. The summed E-state index contributed by atoms with van der Waals surface area (Å²) >= 11 is 9.24. The van der Waals surface area contributed by atoms with Crippen LogP contribution in [0.5, 0.6) is 0 Å². The summed E-state index contributed by atoms with van der Waals surface area (Å²) in [7, 11) is 0. The monoisotopic (exact) mass is 628 g/mol. The molecule has 0 rings (SSSR count). The fourth-order valence-electron chi connectivity index (χ4n) is 1.81. The average molecular weight is 629 g/mol. The van der Waals surface area contributed by atoms with Crippen molar-refractivity contribution in [2.75, 3.05) is 102 Å². The molecule has 0 aliphatic rings. The molecule has 0 amide bonds. The van der Waals surface area contributed by atoms with Crippen molar-refractivity contribution < 1.29 is 48.6 Å². The highest BCUT2D eigenvalue weighted by atomic mass is 32.2. The van der Waals surface area contributed by atoms with Crippen LogP contribution in [-0.4, -0.2) is 131 Å². The van der Waals surface area contributed by atoms with E-state index in [2.05, 4.69) is 0 Å². The molecule has 0 heterocycles. The summed E-state index contributed by atoms with van der Waals surface area (Å²) < 4.78 is 14.7. The molecule has 0 aliphatic carbocycles. The van der Waals surface area contributed by atoms with Crippen molar-refractivity contribution in [1.82, 2.24) is 0 Å². The number of aliphatic hydroxyl groups is 2. The molecule has 0 spiro atoms. The number of thioether (sulfide) groups is 6. The van der Waals surface area contributed by atoms with Gasteiger partial charge in [0.25, 0.3) is 0 Å². The minimum Gasteiger partial charge on any atom is -0.463 e. The predicted molar refractivity (Wildman–Crippen MR) is 153 cm³/mol. The molecular formula is C20H36O10S6. The third-order valence-electron chi connectivity index (χ3n) is 3.31. The fourth-order valence-corrected chi connectivity index (χ4v) is 6.80. The Hall–Kier alpha value is 0.350. The lowest BCUT2D eigenvalue weighted by Gasteiger charge is -2.06. The standard InChI is InChI=1S/C20H36O10S6/c21-1-3-26-18(23)13-32-8-7-31-6-5-29-30-17-36-12-11-35-16-28-20(25)15-34-10-9-33-14-19(24)27-4-2-22/h21-22H,1-17H2. The number of hydrogen-bond donors (Lipinski definition) is 2. The number of carbonyl (C=O) groups is 3. The van der Waals surface area contributed by atoms with E-state index >= 15 is 0 Å². The highest BCUT2D eigenvalue weighted by molar-refractivity contribution is 8.04. The van der Waals surface area contributed by atoms with Crippen LogP contribution in [0.15, 0.2) is 0 Å². The van der Waals surface area contributed by atoms with Gasteiger partial charge >= 0.3 is 17.9 Å². The molecule has 0 aromatic heterocycles. The zero-order valence-corrected chi connectivity index (χ0v) is 25.0. The largest absolute Gasteiger partial charge is 0.463 e. The van der Waals surface area contributed by atoms with Gasteiger partial charge in [-0.15, -0.1) is 58.8 Å². The molecule has 212 valence electrons. The van der Waals surface area contributed by atoms with Crippen LogP contribution in [-0.2, 0) is 38.4 Å². The molecule has 0 aromatic carbocycles. The van der Waals surface area contributed by atoms with E-state index in [9.17, 15) is 14.4 Å². The van der Waals surface area contributed by atoms with E-state index < -0.39 is 0 Å². The highest BCUT2D eigenvalue weighted by Gasteiger charge is 2.05. The number of rotatable bonds is 27. The van der Waals surface area contributed by atoms with Gasteiger partial charge in [0.15, 0.2) is 0 Å². The van der Waals surface area contributed by atoms with Crippen molar-refractivity contribution in [3.63, 3.8) is 0 Å². The van der Waals surface area contributed by atoms with Crippen LogP contribution in [0, 0.1) is 0 Å². The maximum Gasteiger partial charge on any atom is 0.316 e. The van der Waals surface area contributed by atoms with E-state index in [4.69, 9.17) is 34.2 Å². The molecule has 0 bridgehead atoms. The summed E-state index contributed by atoms with van der Waals surface area (Å²) in [5.74, 6) is 6.39. The molecule has 0 unspecified atom stereocenters. The summed E-state index contributed by atoms with van der Waals surface area (Å²) in [6.07, 6.45) is 0. The Bertz CT molecular complexity index is 547. The molecule has 0 aliphatic heterocycles. The molecule has 0 fully saturated rings. The van der Waals surface area contributed by atoms with Crippen LogP contribution in [0.25, 0.3) is 0 Å². The molecule has 2 N–H and O–H groups in total. The summed E-state index contributed by atoms with van der Waals surface area (Å²) in [5, 5.41) is 17.1. The van der Waals surface area contributed by atoms with Crippen LogP contribution in [0.4, 0.5) is 0 Å². The second-order valence-corrected chi connectivity index (χ2v) is 12.8. The summed E-state index contributed by atoms with van der Waals surface area (Å²) in [6.45, 7) is 0.247. The Morgan fingerprint density at radius 2 is 0.917 bits per heavy atom. The highest BCUT2D eigenvalue weighted by Crippen LogP contribution is 2.11. The van der Waals surface area contributed by atoms with Crippen LogP contribution in [0.2, 0.25) is 0 Å². The van der Waals surface area contributed by atoms with Gasteiger partial charge in [0.05, 0.1) is 37.1 Å². The molecular weight excluding hydrogens is 593 g/mol. The number of carbonyl (C=O) groups excluding carboxylic acids is 3. The van der Waals surface area contributed by atoms with E-state index in [1.807, 2.05) is 0 Å². The van der Waals surface area contributed by atoms with Crippen molar-refractivity contribution in [2.45, 2.75) is 0 Å². The lowest BCUT2D eigenvalue weighted by Crippen LogP contribution is -2.11. The average Bonchev–Trinajstić information content (AvgIpc) is 2.87. The summed E-state index contributed by atoms with van der Waals surface area (Å²) in [4.78, 5) is 44.3. The molecule has 16 heteroatoms. The summed E-state index contributed by atoms with van der Waals surface area (Å²) in [6, 6.07) is 0. The second kappa shape index (κ2) is 29.9. The Morgan fingerprint density at radius 3 is 1.44 bits per heavy atom. The van der Waals surface area contributed by atoms with E-state index in [0.29, 0.717) is 24.2 Å². The van der Waals surface area contributed by atoms with Crippen molar-refractivity contribution in [3.05, 3.63) is 0 Å². The first-order valence-electron chi connectivity index (χ1n) is 11.0. The van der Waals surface area contributed by atoms with Crippen LogP contribution < -0.4 is 0 Å². The molecule has 36 heavy (non-hydrogen) atoms. The normalized spacial score (nSPS) is 10.8. The van der Waals surface area contributed by atoms with Crippen molar-refractivity contribution >= 4 is 88.5 Å². The molecule has 0 aromatic rings. The van der Waals surface area contributed by atoms with Gasteiger partial charge < -0.3 is 24.4 Å². The van der Waals surface area contributed by atoms with Gasteiger partial charge in [-0.3, -0.25) is 14.4 Å². The van der Waals surface area contributed by atoms with Crippen molar-refractivity contribution in [1.29, 1.82) is 0 Å². The zero-order valence-electron chi connectivity index (χ0n) is 20.1. The minimum atomic E-state index is -0.344. The van der Waals surface area contributed by atoms with Crippen LogP contribution >= 0.6 is 70.6 Å². The zero-order chi connectivity index (χ0) is 26.5. The van der Waals surface area contributed by atoms with Crippen molar-refractivity contribution in [2.24, 2.45) is 0 Å². The van der Waals surface area contributed by atoms with E-state index in [1.54, 1.807) is 23.5 Å². The van der Waals surface area contributed by atoms with Crippen molar-refractivity contribution in [3.8, 4) is 0 Å². The van der Waals surface area contributed by atoms with Gasteiger partial charge in [-0.2, -0.15) is 11.8 Å². The Morgan fingerprint density at radius 1 is 0.472 bits per heavy atom. The molecule has 0 radical (unpaired) electrons. The molecule has 0 saturated heterocycles. The Labute approximate surface area is 238 Å². The topological polar surface area (TPSA) is 138 Å². The fraction of sp³-hybridized carbons (Fsp3) is 0.850. The second-order valence-electron chi connectivity index (χ2n) is 6.17. The summed E-state index contributed by atoms with van der Waals surface area (Å²) in [5.41, 5.74) is 0. The number of aliphatic hydroxyl groups excluding tert-OH is 2. The quantitative estimate of drug-likeness (QED) is 0.0341. The van der Waals surface area contributed by atoms with Gasteiger partial charge in [0.2, 0.25) is 0 Å². The smallest absolute Gasteiger partial charge is 0.316 e. The minimum absolute atomic E-state index is 0.0249. The third-order valence-corrected chi connectivity index (χ3v) is 9.37. The van der Waals surface area contributed by atoms with Gasteiger partial charge in [-0.25, -0.2) is 9.78 Å². The predicted octanol–water partition coefficient (Wildman–Crippen LogP) is 1.86. The first-order valence-corrected chi connectivity index (χ1v) is 17.9. The number of ether oxygens (including phenoxy) is 3. The van der Waals surface area contributed by atoms with Gasteiger partial charge in [0.1, 0.15) is 25.1 Å². The molecule has 0 saturated carbocycles. The maximum atomic E-state index is 11.7. The number of esters is 3. The Balaban J connectivity index is 3.23. The first kappa shape index (κ1) is 36.4. The van der Waals surface area contributed by atoms with Gasteiger partial charge in [0, 0.05) is 40.3 Å². The van der Waals surface area contributed by atoms with Crippen LogP contribution in [0.3, 0.4) is 0 Å². The lowest BCUT2D eigenvalue weighted by atomic mass is 10.7. The van der Waals surface area contributed by atoms with Gasteiger partial charge in [-0.1, -0.05) is 0 Å². The molecule has 0 atom stereocenters. The SMILES string of the molecule is O=C(CSCCSCCOOCSCCSCOC(=O)CSCCSCC(=O)OCCO)OCCO. The first-order chi connectivity index (χ1) is 17.6. The molecule has 10 nitrogen and oxygen atoms in total. The number of hydrogen-bond acceptors (Lipinski definition) is 16. The third kappa shape index (κ3) is 28.9. The Kier molecular flexibility index (Phi) is 30.2. The van der Waals surface area contributed by atoms with Gasteiger partial charge in [-0.05, 0) is 0 Å². The lowest BCUT2D eigenvalue weighted by molar-refractivity contribution is -0.274.